The number of ether oxygens (including phenoxy) is 1. The third-order valence-corrected chi connectivity index (χ3v) is 4.46. The quantitative estimate of drug-likeness (QED) is 0.787. The van der Waals surface area contributed by atoms with Crippen LogP contribution in [0, 0.1) is 0 Å². The van der Waals surface area contributed by atoms with Crippen molar-refractivity contribution >= 4 is 33.6 Å². The van der Waals surface area contributed by atoms with Gasteiger partial charge in [-0.15, -0.1) is 0 Å². The van der Waals surface area contributed by atoms with Crippen molar-refractivity contribution in [1.29, 1.82) is 0 Å². The number of methoxy groups -OCH3 is 1. The van der Waals surface area contributed by atoms with E-state index in [0.29, 0.717) is 11.3 Å². The van der Waals surface area contributed by atoms with E-state index in [1.54, 1.807) is 29.8 Å². The number of carbonyl (C=O) groups excluding carboxylic acids is 1. The standard InChI is InChI=1S/C14H20BrNO2S/c1-10(7-8-19-4)16(2)14(17)12-9-11(18-3)5-6-13(12)15/h5-6,9-10H,7-8H2,1-4H3. The molecule has 106 valence electrons. The minimum Gasteiger partial charge on any atom is -0.497 e. The van der Waals surface area contributed by atoms with Crippen molar-refractivity contribution in [3.63, 3.8) is 0 Å². The Morgan fingerprint density at radius 2 is 2.21 bits per heavy atom. The first kappa shape index (κ1) is 16.4. The predicted molar refractivity (Wildman–Crippen MR) is 85.2 cm³/mol. The van der Waals surface area contributed by atoms with Crippen LogP contribution < -0.4 is 4.74 Å². The number of benzene rings is 1. The zero-order valence-corrected chi connectivity index (χ0v) is 14.2. The third-order valence-electron chi connectivity index (χ3n) is 3.13. The molecule has 1 aromatic rings. The Morgan fingerprint density at radius 3 is 2.79 bits per heavy atom. The summed E-state index contributed by atoms with van der Waals surface area (Å²) in [5.41, 5.74) is 0.637. The number of carbonyl (C=O) groups is 1. The van der Waals surface area contributed by atoms with E-state index in [4.69, 9.17) is 4.74 Å². The molecule has 1 aromatic carbocycles. The molecule has 0 aromatic heterocycles. The molecule has 1 rings (SSSR count). The van der Waals surface area contributed by atoms with Gasteiger partial charge in [-0.05, 0) is 59.5 Å². The molecule has 0 aliphatic heterocycles. The summed E-state index contributed by atoms with van der Waals surface area (Å²) in [6.07, 6.45) is 3.07. The summed E-state index contributed by atoms with van der Waals surface area (Å²) in [7, 11) is 3.45. The fourth-order valence-corrected chi connectivity index (χ4v) is 2.66. The number of nitrogens with zero attached hydrogens (tertiary/aromatic N) is 1. The lowest BCUT2D eigenvalue weighted by Crippen LogP contribution is -2.35. The van der Waals surface area contributed by atoms with E-state index in [0.717, 1.165) is 16.6 Å². The first-order chi connectivity index (χ1) is 9.01. The van der Waals surface area contributed by atoms with Crippen LogP contribution in [0.25, 0.3) is 0 Å². The van der Waals surface area contributed by atoms with Crippen molar-refractivity contribution in [1.82, 2.24) is 4.90 Å². The molecule has 1 atom stereocenters. The molecule has 0 saturated carbocycles. The van der Waals surface area contributed by atoms with E-state index in [-0.39, 0.29) is 11.9 Å². The summed E-state index contributed by atoms with van der Waals surface area (Å²) >= 11 is 5.22. The van der Waals surface area contributed by atoms with Crippen molar-refractivity contribution < 1.29 is 9.53 Å². The van der Waals surface area contributed by atoms with Crippen molar-refractivity contribution in [3.8, 4) is 5.75 Å². The molecule has 5 heteroatoms. The smallest absolute Gasteiger partial charge is 0.255 e. The average Bonchev–Trinajstić information content (AvgIpc) is 2.43. The fraction of sp³-hybridized carbons (Fsp3) is 0.500. The largest absolute Gasteiger partial charge is 0.497 e. The summed E-state index contributed by atoms with van der Waals surface area (Å²) in [6, 6.07) is 5.66. The van der Waals surface area contributed by atoms with Gasteiger partial charge in [-0.3, -0.25) is 4.79 Å². The SMILES string of the molecule is COc1ccc(Br)c(C(=O)N(C)C(C)CCSC)c1. The van der Waals surface area contributed by atoms with Gasteiger partial charge in [-0.1, -0.05) is 0 Å². The molecular weight excluding hydrogens is 326 g/mol. The normalized spacial score (nSPS) is 12.1. The average molecular weight is 346 g/mol. The van der Waals surface area contributed by atoms with Crippen LogP contribution in [0.15, 0.2) is 22.7 Å². The first-order valence-electron chi connectivity index (χ1n) is 6.11. The summed E-state index contributed by atoms with van der Waals surface area (Å²) in [5, 5.41) is 0. The maximum atomic E-state index is 12.5. The Bertz CT molecular complexity index is 439. The summed E-state index contributed by atoms with van der Waals surface area (Å²) in [4.78, 5) is 14.3. The van der Waals surface area contributed by atoms with E-state index < -0.39 is 0 Å². The molecule has 0 radical (unpaired) electrons. The summed E-state index contributed by atoms with van der Waals surface area (Å²) in [6.45, 7) is 2.07. The Kier molecular flexibility index (Phi) is 6.72. The van der Waals surface area contributed by atoms with Gasteiger partial charge >= 0.3 is 0 Å². The number of halogens is 1. The van der Waals surface area contributed by atoms with Crippen LogP contribution in [0.1, 0.15) is 23.7 Å². The van der Waals surface area contributed by atoms with Crippen molar-refractivity contribution in [3.05, 3.63) is 28.2 Å². The molecule has 0 heterocycles. The fourth-order valence-electron chi connectivity index (χ4n) is 1.67. The molecule has 3 nitrogen and oxygen atoms in total. The monoisotopic (exact) mass is 345 g/mol. The summed E-state index contributed by atoms with van der Waals surface area (Å²) in [5.74, 6) is 1.76. The van der Waals surface area contributed by atoms with Gasteiger partial charge < -0.3 is 9.64 Å². The zero-order valence-electron chi connectivity index (χ0n) is 11.8. The van der Waals surface area contributed by atoms with E-state index >= 15 is 0 Å². The molecule has 0 saturated heterocycles. The molecule has 19 heavy (non-hydrogen) atoms. The van der Waals surface area contributed by atoms with Gasteiger partial charge in [0.2, 0.25) is 0 Å². The highest BCUT2D eigenvalue weighted by Gasteiger charge is 2.19. The number of thioether (sulfide) groups is 1. The molecule has 1 unspecified atom stereocenters. The van der Waals surface area contributed by atoms with Crippen molar-refractivity contribution in [2.75, 3.05) is 26.2 Å². The minimum atomic E-state index is 0.0133. The van der Waals surface area contributed by atoms with Gasteiger partial charge in [-0.2, -0.15) is 11.8 Å². The second kappa shape index (κ2) is 7.80. The van der Waals surface area contributed by atoms with E-state index in [1.807, 2.05) is 19.2 Å². The second-order valence-corrected chi connectivity index (χ2v) is 6.23. The molecule has 0 bridgehead atoms. The van der Waals surface area contributed by atoms with Crippen LogP contribution in [-0.2, 0) is 0 Å². The van der Waals surface area contributed by atoms with Crippen LogP contribution in [0.4, 0.5) is 0 Å². The zero-order chi connectivity index (χ0) is 14.4. The van der Waals surface area contributed by atoms with E-state index in [1.165, 1.54) is 0 Å². The van der Waals surface area contributed by atoms with Gasteiger partial charge in [0.25, 0.3) is 5.91 Å². The maximum Gasteiger partial charge on any atom is 0.255 e. The Morgan fingerprint density at radius 1 is 1.53 bits per heavy atom. The lowest BCUT2D eigenvalue weighted by molar-refractivity contribution is 0.0740. The maximum absolute atomic E-state index is 12.5. The van der Waals surface area contributed by atoms with Crippen molar-refractivity contribution in [2.45, 2.75) is 19.4 Å². The number of amides is 1. The van der Waals surface area contributed by atoms with E-state index in [9.17, 15) is 4.79 Å². The number of hydrogen-bond donors (Lipinski definition) is 0. The van der Waals surface area contributed by atoms with E-state index in [2.05, 4.69) is 29.1 Å². The van der Waals surface area contributed by atoms with Gasteiger partial charge in [0.05, 0.1) is 12.7 Å². The second-order valence-electron chi connectivity index (χ2n) is 4.39. The van der Waals surface area contributed by atoms with Gasteiger partial charge in [0.15, 0.2) is 0 Å². The molecule has 0 spiro atoms. The first-order valence-corrected chi connectivity index (χ1v) is 8.29. The van der Waals surface area contributed by atoms with Crippen molar-refractivity contribution in [2.24, 2.45) is 0 Å². The lowest BCUT2D eigenvalue weighted by Gasteiger charge is -2.25. The van der Waals surface area contributed by atoms with Crippen LogP contribution >= 0.6 is 27.7 Å². The molecule has 0 N–H and O–H groups in total. The Balaban J connectivity index is 2.86. The molecule has 0 aliphatic rings. The van der Waals surface area contributed by atoms with Crippen LogP contribution in [0.5, 0.6) is 5.75 Å². The minimum absolute atomic E-state index is 0.0133. The van der Waals surface area contributed by atoms with Crippen LogP contribution in [0.2, 0.25) is 0 Å². The highest BCUT2D eigenvalue weighted by Crippen LogP contribution is 2.24. The molecule has 0 aliphatic carbocycles. The molecular formula is C14H20BrNO2S. The predicted octanol–water partition coefficient (Wildman–Crippen LogP) is 3.67. The van der Waals surface area contributed by atoms with Gasteiger partial charge in [-0.25, -0.2) is 0 Å². The third kappa shape index (κ3) is 4.42. The number of hydrogen-bond acceptors (Lipinski definition) is 3. The van der Waals surface area contributed by atoms with Crippen LogP contribution in [-0.4, -0.2) is 43.0 Å². The van der Waals surface area contributed by atoms with Gasteiger partial charge in [0, 0.05) is 17.6 Å². The summed E-state index contributed by atoms with van der Waals surface area (Å²) < 4.78 is 5.96. The van der Waals surface area contributed by atoms with Gasteiger partial charge in [0.1, 0.15) is 5.75 Å². The molecule has 0 fully saturated rings. The van der Waals surface area contributed by atoms with Crippen LogP contribution in [0.3, 0.4) is 0 Å². The number of rotatable bonds is 6. The Labute approximate surface area is 127 Å². The topological polar surface area (TPSA) is 29.5 Å². The Hall–Kier alpha value is -0.680. The molecule has 1 amide bonds. The lowest BCUT2D eigenvalue weighted by atomic mass is 10.1. The highest BCUT2D eigenvalue weighted by atomic mass is 79.9. The highest BCUT2D eigenvalue weighted by molar-refractivity contribution is 9.10.